The third kappa shape index (κ3) is 4.00. The molecule has 0 saturated carbocycles. The van der Waals surface area contributed by atoms with Crippen LogP contribution in [0.15, 0.2) is 33.5 Å². The van der Waals surface area contributed by atoms with Gasteiger partial charge in [-0.1, -0.05) is 0 Å². The summed E-state index contributed by atoms with van der Waals surface area (Å²) in [6.07, 6.45) is -3.94. The Morgan fingerprint density at radius 2 is 2.12 bits per heavy atom. The van der Waals surface area contributed by atoms with Crippen molar-refractivity contribution in [1.82, 2.24) is 4.90 Å². The SMILES string of the molecule is Cc1cc(=O)oc2cc(OCC(=O)N3CCC[C@H](C(F)(F)F)C3)ccc12. The molecule has 1 atom stereocenters. The number of aryl methyl sites for hydroxylation is 1. The highest BCUT2D eigenvalue weighted by Crippen LogP contribution is 2.33. The molecule has 0 aliphatic carbocycles. The minimum Gasteiger partial charge on any atom is -0.484 e. The maximum Gasteiger partial charge on any atom is 0.393 e. The first-order valence-corrected chi connectivity index (χ1v) is 8.26. The lowest BCUT2D eigenvalue weighted by Gasteiger charge is -2.33. The molecule has 2 aromatic rings. The molecule has 0 radical (unpaired) electrons. The molecule has 8 heteroatoms. The molecule has 0 spiro atoms. The summed E-state index contributed by atoms with van der Waals surface area (Å²) in [6.45, 7) is 1.36. The second-order valence-corrected chi connectivity index (χ2v) is 6.42. The quantitative estimate of drug-likeness (QED) is 0.779. The third-order valence-electron chi connectivity index (χ3n) is 4.52. The van der Waals surface area contributed by atoms with E-state index in [1.54, 1.807) is 19.1 Å². The van der Waals surface area contributed by atoms with Crippen molar-refractivity contribution >= 4 is 16.9 Å². The Morgan fingerprint density at radius 3 is 2.85 bits per heavy atom. The fraction of sp³-hybridized carbons (Fsp3) is 0.444. The summed E-state index contributed by atoms with van der Waals surface area (Å²) in [5.74, 6) is -1.67. The van der Waals surface area contributed by atoms with Gasteiger partial charge < -0.3 is 14.1 Å². The van der Waals surface area contributed by atoms with E-state index in [0.29, 0.717) is 24.3 Å². The molecule has 1 aliphatic rings. The maximum atomic E-state index is 12.8. The van der Waals surface area contributed by atoms with Gasteiger partial charge in [0.2, 0.25) is 0 Å². The van der Waals surface area contributed by atoms with E-state index < -0.39 is 23.6 Å². The van der Waals surface area contributed by atoms with Gasteiger partial charge in [0.15, 0.2) is 6.61 Å². The summed E-state index contributed by atoms with van der Waals surface area (Å²) in [5, 5.41) is 0.743. The van der Waals surface area contributed by atoms with Gasteiger partial charge in [0, 0.05) is 30.6 Å². The first kappa shape index (κ1) is 18.3. The molecule has 26 heavy (non-hydrogen) atoms. The number of ether oxygens (including phenoxy) is 1. The molecule has 1 amide bonds. The van der Waals surface area contributed by atoms with Crippen molar-refractivity contribution in [3.05, 3.63) is 40.2 Å². The van der Waals surface area contributed by atoms with Gasteiger partial charge in [0.25, 0.3) is 5.91 Å². The van der Waals surface area contributed by atoms with Crippen LogP contribution in [0.25, 0.3) is 11.0 Å². The molecule has 0 N–H and O–H groups in total. The minimum absolute atomic E-state index is 0.0389. The molecule has 0 bridgehead atoms. The largest absolute Gasteiger partial charge is 0.484 e. The van der Waals surface area contributed by atoms with Crippen LogP contribution in [0.1, 0.15) is 18.4 Å². The summed E-state index contributed by atoms with van der Waals surface area (Å²) >= 11 is 0. The summed E-state index contributed by atoms with van der Waals surface area (Å²) in [6, 6.07) is 6.19. The number of alkyl halides is 3. The van der Waals surface area contributed by atoms with Gasteiger partial charge in [-0.3, -0.25) is 4.79 Å². The highest BCUT2D eigenvalue weighted by Gasteiger charge is 2.42. The number of carbonyl (C=O) groups excluding carboxylic acids is 1. The van der Waals surface area contributed by atoms with Crippen molar-refractivity contribution in [2.75, 3.05) is 19.7 Å². The van der Waals surface area contributed by atoms with Gasteiger partial charge in [-0.05, 0) is 37.5 Å². The van der Waals surface area contributed by atoms with Crippen molar-refractivity contribution in [2.45, 2.75) is 25.9 Å². The van der Waals surface area contributed by atoms with Crippen molar-refractivity contribution in [3.8, 4) is 5.75 Å². The number of carbonyl (C=O) groups is 1. The summed E-state index contributed by atoms with van der Waals surface area (Å²) in [4.78, 5) is 24.8. The molecule has 3 rings (SSSR count). The highest BCUT2D eigenvalue weighted by molar-refractivity contribution is 5.81. The molecule has 2 heterocycles. The smallest absolute Gasteiger partial charge is 0.393 e. The predicted octanol–water partition coefficient (Wildman–Crippen LogP) is 3.28. The average molecular weight is 369 g/mol. The number of halogens is 3. The minimum atomic E-state index is -4.30. The van der Waals surface area contributed by atoms with Crippen molar-refractivity contribution in [1.29, 1.82) is 0 Å². The molecular formula is C18H18F3NO4. The Morgan fingerprint density at radius 1 is 1.35 bits per heavy atom. The zero-order chi connectivity index (χ0) is 18.9. The number of amides is 1. The fourth-order valence-electron chi connectivity index (χ4n) is 3.10. The Labute approximate surface area is 147 Å². The number of nitrogens with zero attached hydrogens (tertiary/aromatic N) is 1. The summed E-state index contributed by atoms with van der Waals surface area (Å²) < 4.78 is 49.0. The third-order valence-corrected chi connectivity index (χ3v) is 4.52. The van der Waals surface area contributed by atoms with Crippen molar-refractivity contribution in [2.24, 2.45) is 5.92 Å². The number of benzene rings is 1. The molecule has 1 aromatic carbocycles. The zero-order valence-corrected chi connectivity index (χ0v) is 14.1. The van der Waals surface area contributed by atoms with E-state index in [0.717, 1.165) is 10.9 Å². The Bertz CT molecular complexity index is 875. The Kier molecular flexibility index (Phi) is 4.93. The van der Waals surface area contributed by atoms with Crippen LogP contribution in [-0.2, 0) is 4.79 Å². The first-order valence-electron chi connectivity index (χ1n) is 8.26. The van der Waals surface area contributed by atoms with E-state index >= 15 is 0 Å². The van der Waals surface area contributed by atoms with Gasteiger partial charge in [-0.15, -0.1) is 0 Å². The second-order valence-electron chi connectivity index (χ2n) is 6.42. The molecule has 0 unspecified atom stereocenters. The number of likely N-dealkylation sites (tertiary alicyclic amines) is 1. The Hall–Kier alpha value is -2.51. The molecule has 140 valence electrons. The molecular weight excluding hydrogens is 351 g/mol. The number of hydrogen-bond acceptors (Lipinski definition) is 4. The fourth-order valence-corrected chi connectivity index (χ4v) is 3.10. The van der Waals surface area contributed by atoms with Crippen molar-refractivity contribution < 1.29 is 27.1 Å². The highest BCUT2D eigenvalue weighted by atomic mass is 19.4. The molecule has 1 fully saturated rings. The van der Waals surface area contributed by atoms with Crippen LogP contribution >= 0.6 is 0 Å². The molecule has 1 aliphatic heterocycles. The van der Waals surface area contributed by atoms with E-state index in [1.165, 1.54) is 17.0 Å². The molecule has 1 saturated heterocycles. The Balaban J connectivity index is 1.66. The lowest BCUT2D eigenvalue weighted by Crippen LogP contribution is -2.46. The van der Waals surface area contributed by atoms with Crippen LogP contribution in [0.2, 0.25) is 0 Å². The average Bonchev–Trinajstić information content (AvgIpc) is 2.58. The number of fused-ring (bicyclic) bond motifs is 1. The van der Waals surface area contributed by atoms with Gasteiger partial charge >= 0.3 is 11.8 Å². The topological polar surface area (TPSA) is 59.8 Å². The standard InChI is InChI=1S/C18H18F3NO4/c1-11-7-17(24)26-15-8-13(4-5-14(11)15)25-10-16(23)22-6-2-3-12(9-22)18(19,20)21/h4-5,7-8,12H,2-3,6,9-10H2,1H3/t12-/m0/s1. The van der Waals surface area contributed by atoms with Crippen LogP contribution in [0.5, 0.6) is 5.75 Å². The van der Waals surface area contributed by atoms with E-state index in [4.69, 9.17) is 9.15 Å². The number of hydrogen-bond donors (Lipinski definition) is 0. The van der Waals surface area contributed by atoms with E-state index in [-0.39, 0.29) is 19.6 Å². The van der Waals surface area contributed by atoms with Crippen LogP contribution < -0.4 is 10.4 Å². The van der Waals surface area contributed by atoms with Crippen LogP contribution in [0.3, 0.4) is 0 Å². The van der Waals surface area contributed by atoms with E-state index in [1.807, 2.05) is 0 Å². The van der Waals surface area contributed by atoms with Crippen LogP contribution in [0, 0.1) is 12.8 Å². The lowest BCUT2D eigenvalue weighted by atomic mass is 9.97. The van der Waals surface area contributed by atoms with Gasteiger partial charge in [-0.2, -0.15) is 13.2 Å². The molecule has 5 nitrogen and oxygen atoms in total. The summed E-state index contributed by atoms with van der Waals surface area (Å²) in [7, 11) is 0. The monoisotopic (exact) mass is 369 g/mol. The van der Waals surface area contributed by atoms with Crippen LogP contribution in [-0.4, -0.2) is 36.7 Å². The van der Waals surface area contributed by atoms with Gasteiger partial charge in [-0.25, -0.2) is 4.79 Å². The normalized spacial score (nSPS) is 18.2. The van der Waals surface area contributed by atoms with E-state index in [2.05, 4.69) is 0 Å². The zero-order valence-electron chi connectivity index (χ0n) is 14.1. The second kappa shape index (κ2) is 7.01. The van der Waals surface area contributed by atoms with Gasteiger partial charge in [0.1, 0.15) is 11.3 Å². The summed E-state index contributed by atoms with van der Waals surface area (Å²) in [5.41, 5.74) is 0.593. The number of piperidine rings is 1. The van der Waals surface area contributed by atoms with Crippen LogP contribution in [0.4, 0.5) is 13.2 Å². The van der Waals surface area contributed by atoms with Gasteiger partial charge in [0.05, 0.1) is 5.92 Å². The first-order chi connectivity index (χ1) is 12.2. The predicted molar refractivity (Wildman–Crippen MR) is 88.1 cm³/mol. The van der Waals surface area contributed by atoms with Crippen molar-refractivity contribution in [3.63, 3.8) is 0 Å². The molecule has 1 aromatic heterocycles. The lowest BCUT2D eigenvalue weighted by molar-refractivity contribution is -0.188. The van der Waals surface area contributed by atoms with E-state index in [9.17, 15) is 22.8 Å². The maximum absolute atomic E-state index is 12.8. The number of rotatable bonds is 3.